The number of methoxy groups -OCH3 is 1. The molecule has 7 heteroatoms. The van der Waals surface area contributed by atoms with Gasteiger partial charge in [-0.15, -0.1) is 0 Å². The second-order valence-corrected chi connectivity index (χ2v) is 10.8. The monoisotopic (exact) mass is 570 g/mol. The maximum absolute atomic E-state index is 13.1. The number of carbonyl (C=O) groups is 2. The summed E-state index contributed by atoms with van der Waals surface area (Å²) < 4.78 is 17.6. The van der Waals surface area contributed by atoms with Gasteiger partial charge in [0.2, 0.25) is 0 Å². The Hall–Kier alpha value is -5.17. The number of carbonyl (C=O) groups excluding carboxylic acids is 2. The third-order valence-corrected chi connectivity index (χ3v) is 8.16. The summed E-state index contributed by atoms with van der Waals surface area (Å²) in [5.74, 6) is 1.73. The lowest BCUT2D eigenvalue weighted by molar-refractivity contribution is 0.0774. The van der Waals surface area contributed by atoms with Gasteiger partial charge in [-0.1, -0.05) is 60.7 Å². The van der Waals surface area contributed by atoms with Gasteiger partial charge in [0.15, 0.2) is 17.3 Å². The van der Waals surface area contributed by atoms with Crippen LogP contribution in [0.5, 0.6) is 17.2 Å². The van der Waals surface area contributed by atoms with E-state index >= 15 is 0 Å². The van der Waals surface area contributed by atoms with Gasteiger partial charge in [0.1, 0.15) is 19.0 Å². The average Bonchev–Trinajstić information content (AvgIpc) is 3.48. The van der Waals surface area contributed by atoms with Crippen LogP contribution in [-0.4, -0.2) is 55.7 Å². The molecular weight excluding hydrogens is 540 g/mol. The van der Waals surface area contributed by atoms with Crippen LogP contribution < -0.4 is 14.2 Å². The van der Waals surface area contributed by atoms with E-state index in [1.807, 2.05) is 83.9 Å². The zero-order valence-electron chi connectivity index (χ0n) is 23.8. The smallest absolute Gasteiger partial charge is 0.256 e. The predicted molar refractivity (Wildman–Crippen MR) is 166 cm³/mol. The van der Waals surface area contributed by atoms with Crippen molar-refractivity contribution in [1.82, 2.24) is 4.90 Å². The summed E-state index contributed by atoms with van der Waals surface area (Å²) in [6.45, 7) is 1.32. The van der Waals surface area contributed by atoms with Gasteiger partial charge in [0.25, 0.3) is 5.91 Å². The minimum absolute atomic E-state index is 0.0233. The number of rotatable bonds is 7. The molecule has 1 aliphatic carbocycles. The van der Waals surface area contributed by atoms with Crippen LogP contribution in [0.15, 0.2) is 89.9 Å². The minimum atomic E-state index is -0.0233. The lowest BCUT2D eigenvalue weighted by Crippen LogP contribution is -2.35. The second-order valence-electron chi connectivity index (χ2n) is 10.8. The molecular formula is C36H30N2O5. The van der Waals surface area contributed by atoms with E-state index in [1.54, 1.807) is 19.2 Å². The first-order valence-corrected chi connectivity index (χ1v) is 14.5. The molecule has 1 fully saturated rings. The number of nitrogens with zero attached hydrogens (tertiary/aromatic N) is 2. The Morgan fingerprint density at radius 3 is 2.28 bits per heavy atom. The highest BCUT2D eigenvalue weighted by molar-refractivity contribution is 6.20. The molecule has 0 N–H and O–H groups in total. The molecule has 2 aliphatic heterocycles. The first-order chi connectivity index (χ1) is 21.1. The molecule has 214 valence electrons. The van der Waals surface area contributed by atoms with Crippen LogP contribution in [0.1, 0.15) is 55.8 Å². The molecule has 0 bridgehead atoms. The predicted octanol–water partition coefficient (Wildman–Crippen LogP) is 6.61. The first kappa shape index (κ1) is 26.7. The Bertz CT molecular complexity index is 1760. The number of ether oxygens (including phenoxy) is 3. The van der Waals surface area contributed by atoms with Crippen LogP contribution >= 0.6 is 0 Å². The highest BCUT2D eigenvalue weighted by atomic mass is 16.5. The van der Waals surface area contributed by atoms with E-state index in [0.29, 0.717) is 46.2 Å². The fourth-order valence-corrected chi connectivity index (χ4v) is 6.07. The van der Waals surface area contributed by atoms with Crippen molar-refractivity contribution in [1.29, 1.82) is 0 Å². The lowest BCUT2D eigenvalue weighted by Gasteiger charge is -2.21. The molecule has 4 aromatic carbocycles. The van der Waals surface area contributed by atoms with Gasteiger partial charge in [-0.05, 0) is 59.4 Å². The van der Waals surface area contributed by atoms with Gasteiger partial charge in [-0.2, -0.15) is 0 Å². The molecule has 0 saturated carbocycles. The molecule has 3 aliphatic rings. The van der Waals surface area contributed by atoms with Crippen molar-refractivity contribution in [3.05, 3.63) is 118 Å². The van der Waals surface area contributed by atoms with E-state index in [2.05, 4.69) is 11.1 Å². The standard InChI is InChI=1S/C36H30N2O5/c1-41-33-20-31-32(37-22-24-9-7-15-38(24)36(31)40)21-34(33)43-17-16-42-25-10-6-8-23(18-25)19-30-26-11-2-4-13-28(26)35(39)29-14-5-3-12-27(29)30/h2-6,8,10-14,18-22,24H,7,9,15-17H2,1H3/t24-/m0/s1. The summed E-state index contributed by atoms with van der Waals surface area (Å²) in [6.07, 6.45) is 5.88. The van der Waals surface area contributed by atoms with E-state index in [0.717, 1.165) is 41.6 Å². The van der Waals surface area contributed by atoms with Crippen LogP contribution in [0.25, 0.3) is 11.6 Å². The van der Waals surface area contributed by atoms with E-state index in [-0.39, 0.29) is 24.3 Å². The van der Waals surface area contributed by atoms with Crippen LogP contribution in [-0.2, 0) is 0 Å². The molecule has 1 saturated heterocycles. The zero-order chi connectivity index (χ0) is 29.3. The Balaban J connectivity index is 1.07. The number of hydrogen-bond acceptors (Lipinski definition) is 6. The molecule has 0 aromatic heterocycles. The summed E-state index contributed by atoms with van der Waals surface area (Å²) in [5.41, 5.74) is 6.34. The molecule has 0 unspecified atom stereocenters. The first-order valence-electron chi connectivity index (χ1n) is 14.5. The molecule has 4 aromatic rings. The zero-order valence-corrected chi connectivity index (χ0v) is 23.8. The SMILES string of the molecule is COc1cc2c(cc1OCCOc1cccc(C=C3c4ccccc4C(=O)c4ccccc43)c1)N=C[C@@H]1CCCN1C2=O. The number of aliphatic imine (C=N–C) groups is 1. The fraction of sp³-hybridized carbons (Fsp3) is 0.194. The highest BCUT2D eigenvalue weighted by Gasteiger charge is 2.32. The largest absolute Gasteiger partial charge is 0.493 e. The average molecular weight is 571 g/mol. The maximum Gasteiger partial charge on any atom is 0.256 e. The number of hydrogen-bond donors (Lipinski definition) is 0. The normalized spacial score (nSPS) is 16.5. The fourth-order valence-electron chi connectivity index (χ4n) is 6.07. The van der Waals surface area contributed by atoms with E-state index in [9.17, 15) is 9.59 Å². The summed E-state index contributed by atoms with van der Waals surface area (Å²) in [6, 6.07) is 26.8. The summed E-state index contributed by atoms with van der Waals surface area (Å²) in [4.78, 5) is 32.7. The van der Waals surface area contributed by atoms with Gasteiger partial charge in [0.05, 0.1) is 24.4 Å². The summed E-state index contributed by atoms with van der Waals surface area (Å²) >= 11 is 0. The maximum atomic E-state index is 13.1. The third-order valence-electron chi connectivity index (χ3n) is 8.16. The second kappa shape index (κ2) is 11.2. The van der Waals surface area contributed by atoms with Gasteiger partial charge >= 0.3 is 0 Å². The quantitative estimate of drug-likeness (QED) is 0.206. The summed E-state index contributed by atoms with van der Waals surface area (Å²) in [5, 5.41) is 0. The lowest BCUT2D eigenvalue weighted by atomic mass is 9.81. The third kappa shape index (κ3) is 4.97. The highest BCUT2D eigenvalue weighted by Crippen LogP contribution is 2.39. The Kier molecular flexibility index (Phi) is 6.99. The number of amides is 1. The van der Waals surface area contributed by atoms with E-state index in [4.69, 9.17) is 14.2 Å². The van der Waals surface area contributed by atoms with Crippen molar-refractivity contribution < 1.29 is 23.8 Å². The Morgan fingerprint density at radius 1 is 0.814 bits per heavy atom. The molecule has 7 rings (SSSR count). The molecule has 1 atom stereocenters. The molecule has 0 spiro atoms. The van der Waals surface area contributed by atoms with E-state index in [1.165, 1.54) is 0 Å². The molecule has 2 heterocycles. The van der Waals surface area contributed by atoms with Gasteiger partial charge in [-0.25, -0.2) is 0 Å². The number of ketones is 1. The Morgan fingerprint density at radius 2 is 1.53 bits per heavy atom. The van der Waals surface area contributed by atoms with E-state index < -0.39 is 0 Å². The van der Waals surface area contributed by atoms with Crippen molar-refractivity contribution >= 4 is 35.2 Å². The molecule has 43 heavy (non-hydrogen) atoms. The number of fused-ring (bicyclic) bond motifs is 4. The van der Waals surface area contributed by atoms with Crippen LogP contribution in [0.3, 0.4) is 0 Å². The van der Waals surface area contributed by atoms with Crippen LogP contribution in [0, 0.1) is 0 Å². The van der Waals surface area contributed by atoms with Crippen molar-refractivity contribution in [2.45, 2.75) is 18.9 Å². The molecule has 0 radical (unpaired) electrons. The van der Waals surface area contributed by atoms with Gasteiger partial charge < -0.3 is 19.1 Å². The van der Waals surface area contributed by atoms with Crippen LogP contribution in [0.2, 0.25) is 0 Å². The number of benzene rings is 4. The van der Waals surface area contributed by atoms with Crippen molar-refractivity contribution in [2.24, 2.45) is 4.99 Å². The van der Waals surface area contributed by atoms with Crippen molar-refractivity contribution in [3.8, 4) is 17.2 Å². The van der Waals surface area contributed by atoms with Crippen molar-refractivity contribution in [2.75, 3.05) is 26.9 Å². The van der Waals surface area contributed by atoms with Gasteiger partial charge in [0, 0.05) is 30.0 Å². The topological polar surface area (TPSA) is 77.4 Å². The summed E-state index contributed by atoms with van der Waals surface area (Å²) in [7, 11) is 1.56. The van der Waals surface area contributed by atoms with Crippen molar-refractivity contribution in [3.63, 3.8) is 0 Å². The molecule has 7 nitrogen and oxygen atoms in total. The van der Waals surface area contributed by atoms with Gasteiger partial charge in [-0.3, -0.25) is 14.6 Å². The molecule has 1 amide bonds. The Labute approximate surface area is 250 Å². The minimum Gasteiger partial charge on any atom is -0.493 e. The van der Waals surface area contributed by atoms with Crippen LogP contribution in [0.4, 0.5) is 5.69 Å².